The smallest absolute Gasteiger partial charge is 0.222 e. The third kappa shape index (κ3) is 5.68. The summed E-state index contributed by atoms with van der Waals surface area (Å²) in [4.78, 5) is 19.3. The molecule has 0 radical (unpaired) electrons. The monoisotopic (exact) mass is 414 g/mol. The number of carbonyl (C=O) groups is 1. The molecule has 1 aliphatic heterocycles. The van der Waals surface area contributed by atoms with Crippen LogP contribution in [-0.2, 0) is 17.8 Å². The number of ether oxygens (including phenoxy) is 2. The van der Waals surface area contributed by atoms with Crippen LogP contribution in [-0.4, -0.2) is 56.7 Å². The Morgan fingerprint density at radius 1 is 1.17 bits per heavy atom. The van der Waals surface area contributed by atoms with Gasteiger partial charge in [0.2, 0.25) is 5.91 Å². The first-order valence-electron chi connectivity index (χ1n) is 10.9. The predicted molar refractivity (Wildman–Crippen MR) is 119 cm³/mol. The Kier molecular flexibility index (Phi) is 7.99. The average Bonchev–Trinajstić information content (AvgIpc) is 3.28. The zero-order valence-electron chi connectivity index (χ0n) is 18.4. The standard InChI is InChI=1S/C23H34N4O3/c1-4-24-23(26-19-8-5-6-9-19)25-12-7-10-22(28)27-13-11-17-14-20(29-2)21(30-3)15-18(17)16-27/h5-6,14-15,19H,4,7-13,16H2,1-3H3,(H2,24,25,26). The first kappa shape index (κ1) is 22.0. The molecule has 1 aliphatic carbocycles. The molecule has 3 rings (SSSR count). The van der Waals surface area contributed by atoms with Crippen LogP contribution in [0.4, 0.5) is 0 Å². The Hall–Kier alpha value is -2.70. The minimum atomic E-state index is 0.184. The van der Waals surface area contributed by atoms with Crippen molar-refractivity contribution in [1.82, 2.24) is 15.5 Å². The fraction of sp³-hybridized carbons (Fsp3) is 0.565. The molecular formula is C23H34N4O3. The van der Waals surface area contributed by atoms with Gasteiger partial charge in [-0.2, -0.15) is 0 Å². The summed E-state index contributed by atoms with van der Waals surface area (Å²) in [5, 5.41) is 6.74. The third-order valence-electron chi connectivity index (χ3n) is 5.58. The topological polar surface area (TPSA) is 75.2 Å². The Morgan fingerprint density at radius 2 is 1.87 bits per heavy atom. The molecule has 0 spiro atoms. The van der Waals surface area contributed by atoms with E-state index in [0.717, 1.165) is 56.0 Å². The number of rotatable bonds is 8. The highest BCUT2D eigenvalue weighted by atomic mass is 16.5. The molecule has 0 saturated heterocycles. The first-order valence-corrected chi connectivity index (χ1v) is 10.9. The number of nitrogens with one attached hydrogen (secondary N) is 2. The molecule has 164 valence electrons. The Morgan fingerprint density at radius 3 is 2.53 bits per heavy atom. The van der Waals surface area contributed by atoms with Crippen LogP contribution in [0.3, 0.4) is 0 Å². The molecule has 7 nitrogen and oxygen atoms in total. The van der Waals surface area contributed by atoms with Gasteiger partial charge in [-0.1, -0.05) is 12.2 Å². The van der Waals surface area contributed by atoms with Gasteiger partial charge in [0.05, 0.1) is 14.2 Å². The minimum absolute atomic E-state index is 0.184. The number of hydrogen-bond donors (Lipinski definition) is 2. The highest BCUT2D eigenvalue weighted by Gasteiger charge is 2.22. The molecule has 1 amide bonds. The molecule has 0 saturated carbocycles. The second kappa shape index (κ2) is 10.9. The van der Waals surface area contributed by atoms with Crippen LogP contribution in [0.25, 0.3) is 0 Å². The van der Waals surface area contributed by atoms with Crippen LogP contribution >= 0.6 is 0 Å². The Balaban J connectivity index is 1.49. The van der Waals surface area contributed by atoms with Gasteiger partial charge in [-0.05, 0) is 55.9 Å². The summed E-state index contributed by atoms with van der Waals surface area (Å²) < 4.78 is 10.8. The van der Waals surface area contributed by atoms with Crippen molar-refractivity contribution in [2.75, 3.05) is 33.9 Å². The highest BCUT2D eigenvalue weighted by Crippen LogP contribution is 2.33. The summed E-state index contributed by atoms with van der Waals surface area (Å²) in [6.45, 7) is 4.88. The third-order valence-corrected chi connectivity index (χ3v) is 5.58. The van der Waals surface area contributed by atoms with Crippen molar-refractivity contribution >= 4 is 11.9 Å². The number of methoxy groups -OCH3 is 2. The lowest BCUT2D eigenvalue weighted by Gasteiger charge is -2.29. The van der Waals surface area contributed by atoms with Crippen molar-refractivity contribution in [2.24, 2.45) is 4.99 Å². The van der Waals surface area contributed by atoms with E-state index >= 15 is 0 Å². The van der Waals surface area contributed by atoms with Crippen molar-refractivity contribution in [3.63, 3.8) is 0 Å². The maximum Gasteiger partial charge on any atom is 0.222 e. The maximum atomic E-state index is 12.7. The summed E-state index contributed by atoms with van der Waals surface area (Å²) in [5.74, 6) is 2.48. The van der Waals surface area contributed by atoms with E-state index in [2.05, 4.69) is 34.7 Å². The van der Waals surface area contributed by atoms with E-state index in [-0.39, 0.29) is 5.91 Å². The maximum absolute atomic E-state index is 12.7. The molecular weight excluding hydrogens is 380 g/mol. The Labute approximate surface area is 179 Å². The van der Waals surface area contributed by atoms with E-state index in [0.29, 0.717) is 31.3 Å². The number of carbonyl (C=O) groups excluding carboxylic acids is 1. The van der Waals surface area contributed by atoms with E-state index in [1.807, 2.05) is 17.0 Å². The molecule has 2 aliphatic rings. The molecule has 2 N–H and O–H groups in total. The molecule has 0 aromatic heterocycles. The zero-order chi connectivity index (χ0) is 21.3. The number of hydrogen-bond acceptors (Lipinski definition) is 4. The largest absolute Gasteiger partial charge is 0.493 e. The van der Waals surface area contributed by atoms with Crippen molar-refractivity contribution in [2.45, 2.75) is 51.6 Å². The fourth-order valence-electron chi connectivity index (χ4n) is 3.92. The molecule has 0 fully saturated rings. The Bertz CT molecular complexity index is 783. The van der Waals surface area contributed by atoms with Gasteiger partial charge in [-0.3, -0.25) is 9.79 Å². The molecule has 7 heteroatoms. The summed E-state index contributed by atoms with van der Waals surface area (Å²) in [6, 6.07) is 4.44. The van der Waals surface area contributed by atoms with Gasteiger partial charge in [0.15, 0.2) is 17.5 Å². The lowest BCUT2D eigenvalue weighted by molar-refractivity contribution is -0.132. The first-order chi connectivity index (χ1) is 14.6. The van der Waals surface area contributed by atoms with Gasteiger partial charge in [0.1, 0.15) is 0 Å². The summed E-state index contributed by atoms with van der Waals surface area (Å²) in [5.41, 5.74) is 2.36. The highest BCUT2D eigenvalue weighted by molar-refractivity contribution is 5.80. The second-order valence-electron chi connectivity index (χ2n) is 7.69. The predicted octanol–water partition coefficient (Wildman–Crippen LogP) is 2.64. The van der Waals surface area contributed by atoms with Gasteiger partial charge in [-0.15, -0.1) is 0 Å². The van der Waals surface area contributed by atoms with Gasteiger partial charge < -0.3 is 25.0 Å². The normalized spacial score (nSPS) is 16.4. The van der Waals surface area contributed by atoms with E-state index in [1.54, 1.807) is 14.2 Å². The van der Waals surface area contributed by atoms with Crippen LogP contribution in [0.5, 0.6) is 11.5 Å². The van der Waals surface area contributed by atoms with Crippen molar-refractivity contribution in [1.29, 1.82) is 0 Å². The van der Waals surface area contributed by atoms with Gasteiger partial charge >= 0.3 is 0 Å². The molecule has 0 unspecified atom stereocenters. The van der Waals surface area contributed by atoms with Crippen molar-refractivity contribution in [3.05, 3.63) is 35.4 Å². The number of fused-ring (bicyclic) bond motifs is 1. The van der Waals surface area contributed by atoms with Gasteiger partial charge in [0.25, 0.3) is 0 Å². The molecule has 1 heterocycles. The zero-order valence-corrected chi connectivity index (χ0v) is 18.4. The summed E-state index contributed by atoms with van der Waals surface area (Å²) in [7, 11) is 3.28. The number of aliphatic imine (C=N–C) groups is 1. The van der Waals surface area contributed by atoms with Gasteiger partial charge in [0, 0.05) is 38.6 Å². The lowest BCUT2D eigenvalue weighted by Crippen LogP contribution is -2.42. The van der Waals surface area contributed by atoms with E-state index in [4.69, 9.17) is 9.47 Å². The molecule has 0 bridgehead atoms. The van der Waals surface area contributed by atoms with Crippen LogP contribution in [0.2, 0.25) is 0 Å². The molecule has 1 aromatic carbocycles. The quantitative estimate of drug-likeness (QED) is 0.296. The SMILES string of the molecule is CCNC(=NCCCC(=O)N1CCc2cc(OC)c(OC)cc2C1)NC1CC=CC1. The number of amides is 1. The summed E-state index contributed by atoms with van der Waals surface area (Å²) in [6.07, 6.45) is 8.56. The van der Waals surface area contributed by atoms with E-state index in [9.17, 15) is 4.79 Å². The van der Waals surface area contributed by atoms with Crippen LogP contribution in [0.15, 0.2) is 29.3 Å². The van der Waals surface area contributed by atoms with E-state index < -0.39 is 0 Å². The van der Waals surface area contributed by atoms with Crippen LogP contribution in [0, 0.1) is 0 Å². The minimum Gasteiger partial charge on any atom is -0.493 e. The molecule has 0 atom stereocenters. The van der Waals surface area contributed by atoms with Crippen molar-refractivity contribution in [3.8, 4) is 11.5 Å². The average molecular weight is 415 g/mol. The second-order valence-corrected chi connectivity index (χ2v) is 7.69. The molecule has 1 aromatic rings. The van der Waals surface area contributed by atoms with Crippen molar-refractivity contribution < 1.29 is 14.3 Å². The summed E-state index contributed by atoms with van der Waals surface area (Å²) >= 11 is 0. The number of guanidine groups is 1. The number of benzene rings is 1. The van der Waals surface area contributed by atoms with Crippen LogP contribution in [0.1, 0.15) is 43.7 Å². The molecule has 30 heavy (non-hydrogen) atoms. The fourth-order valence-corrected chi connectivity index (χ4v) is 3.92. The van der Waals surface area contributed by atoms with Gasteiger partial charge in [-0.25, -0.2) is 0 Å². The van der Waals surface area contributed by atoms with Crippen LogP contribution < -0.4 is 20.1 Å². The number of nitrogens with zero attached hydrogens (tertiary/aromatic N) is 2. The van der Waals surface area contributed by atoms with E-state index in [1.165, 1.54) is 5.56 Å². The lowest BCUT2D eigenvalue weighted by atomic mass is 9.98.